The molecule has 0 saturated heterocycles. The predicted octanol–water partition coefficient (Wildman–Crippen LogP) is 3.64. The molecule has 0 aromatic carbocycles. The zero-order valence-electron chi connectivity index (χ0n) is 6.65. The van der Waals surface area contributed by atoms with Gasteiger partial charge < -0.3 is 0 Å². The molecule has 0 aliphatic carbocycles. The molecule has 0 aromatic heterocycles. The number of hydrogen-bond donors (Lipinski definition) is 0. The standard InChI is InChI=1S/C8H17I/c1-4-8(9)6-5-7(2)3/h7-8H,4-6H2,1-3H3. The van der Waals surface area contributed by atoms with Crippen molar-refractivity contribution in [2.24, 2.45) is 5.92 Å². The van der Waals surface area contributed by atoms with Gasteiger partial charge in [-0.25, -0.2) is 0 Å². The van der Waals surface area contributed by atoms with Gasteiger partial charge in [0.2, 0.25) is 0 Å². The first-order valence-electron chi connectivity index (χ1n) is 3.80. The molecular formula is C8H17I. The van der Waals surface area contributed by atoms with E-state index in [1.807, 2.05) is 0 Å². The second kappa shape index (κ2) is 5.51. The molecule has 1 atom stereocenters. The normalized spacial score (nSPS) is 14.3. The third-order valence-corrected chi connectivity index (χ3v) is 3.00. The molecule has 0 aromatic rings. The number of halogens is 1. The molecule has 0 rings (SSSR count). The van der Waals surface area contributed by atoms with Crippen LogP contribution in [0.2, 0.25) is 0 Å². The smallest absolute Gasteiger partial charge is 0.0107 e. The molecule has 0 nitrogen and oxygen atoms in total. The Morgan fingerprint density at radius 3 is 2.11 bits per heavy atom. The van der Waals surface area contributed by atoms with E-state index in [-0.39, 0.29) is 0 Å². The van der Waals surface area contributed by atoms with E-state index in [9.17, 15) is 0 Å². The van der Waals surface area contributed by atoms with Crippen molar-refractivity contribution < 1.29 is 0 Å². The maximum atomic E-state index is 2.54. The molecule has 1 heteroatoms. The molecule has 0 aliphatic rings. The summed E-state index contributed by atoms with van der Waals surface area (Å²) in [5, 5.41) is 0. The molecule has 0 fully saturated rings. The Hall–Kier alpha value is 0.730. The van der Waals surface area contributed by atoms with Gasteiger partial charge in [-0.2, -0.15) is 0 Å². The summed E-state index contributed by atoms with van der Waals surface area (Å²) < 4.78 is 0.907. The monoisotopic (exact) mass is 240 g/mol. The van der Waals surface area contributed by atoms with Gasteiger partial charge in [-0.05, 0) is 25.2 Å². The van der Waals surface area contributed by atoms with Gasteiger partial charge in [0.25, 0.3) is 0 Å². The first kappa shape index (κ1) is 9.73. The van der Waals surface area contributed by atoms with E-state index < -0.39 is 0 Å². The molecule has 0 spiro atoms. The van der Waals surface area contributed by atoms with Gasteiger partial charge in [0.05, 0.1) is 0 Å². The number of alkyl halides is 1. The second-order valence-electron chi connectivity index (χ2n) is 2.98. The maximum Gasteiger partial charge on any atom is 0.0107 e. The fourth-order valence-corrected chi connectivity index (χ4v) is 1.08. The van der Waals surface area contributed by atoms with Crippen LogP contribution in [-0.4, -0.2) is 3.92 Å². The van der Waals surface area contributed by atoms with Crippen LogP contribution < -0.4 is 0 Å². The quantitative estimate of drug-likeness (QED) is 0.520. The van der Waals surface area contributed by atoms with Crippen LogP contribution in [0.3, 0.4) is 0 Å². The number of rotatable bonds is 4. The van der Waals surface area contributed by atoms with Crippen molar-refractivity contribution in [2.45, 2.75) is 44.0 Å². The SMILES string of the molecule is CCC(I)CCC(C)C. The highest BCUT2D eigenvalue weighted by atomic mass is 127. The van der Waals surface area contributed by atoms with Crippen molar-refractivity contribution in [1.82, 2.24) is 0 Å². The van der Waals surface area contributed by atoms with Crippen LogP contribution in [0.1, 0.15) is 40.0 Å². The van der Waals surface area contributed by atoms with E-state index in [4.69, 9.17) is 0 Å². The molecule has 0 bridgehead atoms. The van der Waals surface area contributed by atoms with Crippen LogP contribution in [0.4, 0.5) is 0 Å². The summed E-state index contributed by atoms with van der Waals surface area (Å²) in [6.45, 7) is 6.84. The first-order valence-corrected chi connectivity index (χ1v) is 5.05. The molecule has 0 N–H and O–H groups in total. The van der Waals surface area contributed by atoms with E-state index >= 15 is 0 Å². The van der Waals surface area contributed by atoms with Crippen molar-refractivity contribution in [3.8, 4) is 0 Å². The minimum Gasteiger partial charge on any atom is -0.0826 e. The Kier molecular flexibility index (Phi) is 5.96. The van der Waals surface area contributed by atoms with Crippen molar-refractivity contribution in [1.29, 1.82) is 0 Å². The summed E-state index contributed by atoms with van der Waals surface area (Å²) in [6, 6.07) is 0. The van der Waals surface area contributed by atoms with E-state index in [0.29, 0.717) is 0 Å². The Morgan fingerprint density at radius 2 is 1.78 bits per heavy atom. The van der Waals surface area contributed by atoms with E-state index in [2.05, 4.69) is 43.4 Å². The largest absolute Gasteiger partial charge is 0.0826 e. The predicted molar refractivity (Wildman–Crippen MR) is 52.2 cm³/mol. The van der Waals surface area contributed by atoms with E-state index in [1.54, 1.807) is 0 Å². The molecule has 0 amide bonds. The van der Waals surface area contributed by atoms with Crippen LogP contribution in [-0.2, 0) is 0 Å². The Morgan fingerprint density at radius 1 is 1.22 bits per heavy atom. The summed E-state index contributed by atoms with van der Waals surface area (Å²) in [5.74, 6) is 0.883. The highest BCUT2D eigenvalue weighted by Gasteiger charge is 2.01. The lowest BCUT2D eigenvalue weighted by atomic mass is 10.1. The molecule has 56 valence electrons. The third-order valence-electron chi connectivity index (χ3n) is 1.50. The summed E-state index contributed by atoms with van der Waals surface area (Å²) in [5.41, 5.74) is 0. The van der Waals surface area contributed by atoms with Crippen molar-refractivity contribution in [3.05, 3.63) is 0 Å². The fourth-order valence-electron chi connectivity index (χ4n) is 0.718. The third kappa shape index (κ3) is 6.62. The first-order chi connectivity index (χ1) is 4.16. The van der Waals surface area contributed by atoms with Gasteiger partial charge in [0.1, 0.15) is 0 Å². The molecular weight excluding hydrogens is 223 g/mol. The Labute approximate surface area is 72.6 Å². The molecule has 0 saturated carbocycles. The molecule has 0 aliphatic heterocycles. The maximum absolute atomic E-state index is 2.54. The highest BCUT2D eigenvalue weighted by molar-refractivity contribution is 14.1. The average Bonchev–Trinajstić information content (AvgIpc) is 1.83. The minimum absolute atomic E-state index is 0.883. The fraction of sp³-hybridized carbons (Fsp3) is 1.00. The van der Waals surface area contributed by atoms with Crippen LogP contribution in [0.15, 0.2) is 0 Å². The zero-order chi connectivity index (χ0) is 7.28. The zero-order valence-corrected chi connectivity index (χ0v) is 8.81. The van der Waals surface area contributed by atoms with Gasteiger partial charge in [-0.15, -0.1) is 0 Å². The van der Waals surface area contributed by atoms with Gasteiger partial charge >= 0.3 is 0 Å². The Balaban J connectivity index is 3.06. The summed E-state index contributed by atoms with van der Waals surface area (Å²) in [6.07, 6.45) is 4.11. The highest BCUT2D eigenvalue weighted by Crippen LogP contribution is 2.15. The van der Waals surface area contributed by atoms with Gasteiger partial charge in [-0.1, -0.05) is 43.4 Å². The van der Waals surface area contributed by atoms with Crippen LogP contribution in [0.25, 0.3) is 0 Å². The van der Waals surface area contributed by atoms with Crippen molar-refractivity contribution in [3.63, 3.8) is 0 Å². The van der Waals surface area contributed by atoms with Crippen LogP contribution in [0, 0.1) is 5.92 Å². The van der Waals surface area contributed by atoms with Gasteiger partial charge in [-0.3, -0.25) is 0 Å². The molecule has 9 heavy (non-hydrogen) atoms. The number of hydrogen-bond acceptors (Lipinski definition) is 0. The summed E-state index contributed by atoms with van der Waals surface area (Å²) in [4.78, 5) is 0. The molecule has 1 unspecified atom stereocenters. The Bertz CT molecular complexity index is 59.6. The van der Waals surface area contributed by atoms with Crippen molar-refractivity contribution in [2.75, 3.05) is 0 Å². The topological polar surface area (TPSA) is 0 Å². The molecule has 0 heterocycles. The molecule has 0 radical (unpaired) electrons. The van der Waals surface area contributed by atoms with Crippen LogP contribution >= 0.6 is 22.6 Å². The van der Waals surface area contributed by atoms with E-state index in [1.165, 1.54) is 19.3 Å². The minimum atomic E-state index is 0.883. The lowest BCUT2D eigenvalue weighted by molar-refractivity contribution is 0.548. The summed E-state index contributed by atoms with van der Waals surface area (Å²) in [7, 11) is 0. The lowest BCUT2D eigenvalue weighted by Crippen LogP contribution is -1.97. The van der Waals surface area contributed by atoms with Gasteiger partial charge in [0, 0.05) is 3.92 Å². The van der Waals surface area contributed by atoms with Crippen molar-refractivity contribution >= 4 is 22.6 Å². The van der Waals surface area contributed by atoms with E-state index in [0.717, 1.165) is 9.84 Å². The second-order valence-corrected chi connectivity index (χ2v) is 4.74. The lowest BCUT2D eigenvalue weighted by Gasteiger charge is -2.07. The van der Waals surface area contributed by atoms with Crippen LogP contribution in [0.5, 0.6) is 0 Å². The average molecular weight is 240 g/mol. The van der Waals surface area contributed by atoms with Gasteiger partial charge in [0.15, 0.2) is 0 Å². The summed E-state index contributed by atoms with van der Waals surface area (Å²) >= 11 is 2.54.